The smallest absolute Gasteiger partial charge is 0.220 e. The van der Waals surface area contributed by atoms with Crippen LogP contribution in [0.4, 0.5) is 0 Å². The molecule has 19 heavy (non-hydrogen) atoms. The number of carbonyl (C=O) groups is 2. The lowest BCUT2D eigenvalue weighted by Gasteiger charge is -2.30. The summed E-state index contributed by atoms with van der Waals surface area (Å²) in [6.45, 7) is 6.82. The maximum Gasteiger partial charge on any atom is 0.220 e. The van der Waals surface area contributed by atoms with Crippen molar-refractivity contribution in [3.63, 3.8) is 0 Å². The highest BCUT2D eigenvalue weighted by molar-refractivity contribution is 5.79. The minimum atomic E-state index is 0.0462. The Morgan fingerprint density at radius 3 is 2.68 bits per heavy atom. The van der Waals surface area contributed by atoms with E-state index in [0.717, 1.165) is 32.5 Å². The predicted molar refractivity (Wildman–Crippen MR) is 75.7 cm³/mol. The second-order valence-electron chi connectivity index (χ2n) is 5.35. The summed E-state index contributed by atoms with van der Waals surface area (Å²) in [6, 6.07) is 0.280. The van der Waals surface area contributed by atoms with Crippen LogP contribution >= 0.6 is 0 Å². The Kier molecular flexibility index (Phi) is 7.48. The second-order valence-corrected chi connectivity index (χ2v) is 5.35. The predicted octanol–water partition coefficient (Wildman–Crippen LogP) is 0.797. The van der Waals surface area contributed by atoms with Gasteiger partial charge in [-0.25, -0.2) is 0 Å². The average molecular weight is 269 g/mol. The Hall–Kier alpha value is -1.10. The SMILES string of the molecule is CCCNC(=O)CCCC(=O)NC1CCNCC1C. The number of rotatable bonds is 7. The van der Waals surface area contributed by atoms with Crippen molar-refractivity contribution in [1.82, 2.24) is 16.0 Å². The molecule has 0 aromatic carbocycles. The zero-order chi connectivity index (χ0) is 14.1. The van der Waals surface area contributed by atoms with Crippen molar-refractivity contribution in [2.75, 3.05) is 19.6 Å². The van der Waals surface area contributed by atoms with E-state index in [2.05, 4.69) is 22.9 Å². The number of hydrogen-bond donors (Lipinski definition) is 3. The third kappa shape index (κ3) is 6.57. The lowest BCUT2D eigenvalue weighted by Crippen LogP contribution is -2.48. The molecule has 1 fully saturated rings. The monoisotopic (exact) mass is 269 g/mol. The molecule has 2 unspecified atom stereocenters. The van der Waals surface area contributed by atoms with E-state index in [-0.39, 0.29) is 17.9 Å². The van der Waals surface area contributed by atoms with Crippen LogP contribution < -0.4 is 16.0 Å². The number of carbonyl (C=O) groups excluding carboxylic acids is 2. The van der Waals surface area contributed by atoms with Crippen LogP contribution in [-0.2, 0) is 9.59 Å². The summed E-state index contributed by atoms with van der Waals surface area (Å²) in [5.74, 6) is 0.595. The van der Waals surface area contributed by atoms with E-state index in [1.807, 2.05) is 6.92 Å². The van der Waals surface area contributed by atoms with Crippen molar-refractivity contribution in [2.45, 2.75) is 52.0 Å². The lowest BCUT2D eigenvalue weighted by atomic mass is 9.95. The molecule has 0 aromatic heterocycles. The first-order chi connectivity index (χ1) is 9.13. The Bertz CT molecular complexity index is 294. The Morgan fingerprint density at radius 1 is 1.26 bits per heavy atom. The van der Waals surface area contributed by atoms with Gasteiger partial charge in [-0.15, -0.1) is 0 Å². The fraction of sp³-hybridized carbons (Fsp3) is 0.857. The van der Waals surface area contributed by atoms with Crippen LogP contribution in [0.15, 0.2) is 0 Å². The first kappa shape index (κ1) is 16.0. The summed E-state index contributed by atoms with van der Waals surface area (Å²) < 4.78 is 0. The Morgan fingerprint density at radius 2 is 2.00 bits per heavy atom. The molecule has 110 valence electrons. The van der Waals surface area contributed by atoms with Gasteiger partial charge in [0.25, 0.3) is 0 Å². The van der Waals surface area contributed by atoms with E-state index >= 15 is 0 Å². The topological polar surface area (TPSA) is 70.2 Å². The quantitative estimate of drug-likeness (QED) is 0.640. The molecule has 2 atom stereocenters. The highest BCUT2D eigenvalue weighted by Crippen LogP contribution is 2.10. The van der Waals surface area contributed by atoms with Crippen molar-refractivity contribution < 1.29 is 9.59 Å². The fourth-order valence-corrected chi connectivity index (χ4v) is 2.27. The number of hydrogen-bond acceptors (Lipinski definition) is 3. The van der Waals surface area contributed by atoms with Gasteiger partial charge in [0, 0.05) is 25.4 Å². The third-order valence-electron chi connectivity index (χ3n) is 3.51. The van der Waals surface area contributed by atoms with Crippen LogP contribution in [0.2, 0.25) is 0 Å². The van der Waals surface area contributed by atoms with Crippen LogP contribution in [0.25, 0.3) is 0 Å². The van der Waals surface area contributed by atoms with Crippen molar-refractivity contribution in [2.24, 2.45) is 5.92 Å². The molecule has 5 heteroatoms. The van der Waals surface area contributed by atoms with Crippen molar-refractivity contribution in [3.05, 3.63) is 0 Å². The summed E-state index contributed by atoms with van der Waals surface area (Å²) in [7, 11) is 0. The highest BCUT2D eigenvalue weighted by atomic mass is 16.2. The molecule has 1 rings (SSSR count). The summed E-state index contributed by atoms with van der Waals surface area (Å²) in [5, 5.41) is 9.20. The minimum Gasteiger partial charge on any atom is -0.356 e. The molecule has 2 amide bonds. The van der Waals surface area contributed by atoms with E-state index in [0.29, 0.717) is 25.2 Å². The summed E-state index contributed by atoms with van der Waals surface area (Å²) in [5.41, 5.74) is 0. The fourth-order valence-electron chi connectivity index (χ4n) is 2.27. The first-order valence-corrected chi connectivity index (χ1v) is 7.40. The molecule has 1 saturated heterocycles. The molecule has 0 aliphatic carbocycles. The van der Waals surface area contributed by atoms with Gasteiger partial charge in [-0.1, -0.05) is 13.8 Å². The van der Waals surface area contributed by atoms with Crippen molar-refractivity contribution >= 4 is 11.8 Å². The van der Waals surface area contributed by atoms with Crippen molar-refractivity contribution in [3.8, 4) is 0 Å². The van der Waals surface area contributed by atoms with Gasteiger partial charge in [-0.2, -0.15) is 0 Å². The van der Waals surface area contributed by atoms with Crippen molar-refractivity contribution in [1.29, 1.82) is 0 Å². The molecule has 0 aromatic rings. The molecule has 0 bridgehead atoms. The molecule has 1 aliphatic heterocycles. The zero-order valence-electron chi connectivity index (χ0n) is 12.1. The molecular weight excluding hydrogens is 242 g/mol. The Balaban J connectivity index is 2.12. The highest BCUT2D eigenvalue weighted by Gasteiger charge is 2.22. The van der Waals surface area contributed by atoms with Gasteiger partial charge in [-0.05, 0) is 38.3 Å². The van der Waals surface area contributed by atoms with Gasteiger partial charge in [0.15, 0.2) is 0 Å². The molecule has 0 saturated carbocycles. The van der Waals surface area contributed by atoms with Crippen LogP contribution in [-0.4, -0.2) is 37.5 Å². The average Bonchev–Trinajstić information content (AvgIpc) is 2.39. The van der Waals surface area contributed by atoms with E-state index in [1.54, 1.807) is 0 Å². The van der Waals surface area contributed by atoms with E-state index in [1.165, 1.54) is 0 Å². The third-order valence-corrected chi connectivity index (χ3v) is 3.51. The molecule has 0 radical (unpaired) electrons. The van der Waals surface area contributed by atoms with E-state index < -0.39 is 0 Å². The minimum absolute atomic E-state index is 0.0462. The normalized spacial score (nSPS) is 22.8. The molecule has 3 N–H and O–H groups in total. The van der Waals surface area contributed by atoms with E-state index in [9.17, 15) is 9.59 Å². The number of nitrogens with one attached hydrogen (secondary N) is 3. The van der Waals surface area contributed by atoms with Gasteiger partial charge >= 0.3 is 0 Å². The van der Waals surface area contributed by atoms with Gasteiger partial charge in [-0.3, -0.25) is 9.59 Å². The zero-order valence-corrected chi connectivity index (χ0v) is 12.1. The van der Waals surface area contributed by atoms with Crippen LogP contribution in [0.1, 0.15) is 46.0 Å². The Labute approximate surface area is 115 Å². The molecule has 1 aliphatic rings. The second kappa shape index (κ2) is 8.91. The largest absolute Gasteiger partial charge is 0.356 e. The maximum atomic E-state index is 11.8. The van der Waals surface area contributed by atoms with Crippen LogP contribution in [0.3, 0.4) is 0 Å². The van der Waals surface area contributed by atoms with E-state index in [4.69, 9.17) is 0 Å². The molecule has 1 heterocycles. The van der Waals surface area contributed by atoms with Gasteiger partial charge in [0.2, 0.25) is 11.8 Å². The molecular formula is C14H27N3O2. The number of piperidine rings is 1. The standard InChI is InChI=1S/C14H27N3O2/c1-3-8-16-13(18)5-4-6-14(19)17-12-7-9-15-10-11(12)2/h11-12,15H,3-10H2,1-2H3,(H,16,18)(H,17,19). The molecule has 0 spiro atoms. The molecule has 5 nitrogen and oxygen atoms in total. The van der Waals surface area contributed by atoms with Gasteiger partial charge < -0.3 is 16.0 Å². The lowest BCUT2D eigenvalue weighted by molar-refractivity contribution is -0.123. The first-order valence-electron chi connectivity index (χ1n) is 7.40. The maximum absolute atomic E-state index is 11.8. The van der Waals surface area contributed by atoms with Gasteiger partial charge in [0.1, 0.15) is 0 Å². The number of amides is 2. The summed E-state index contributed by atoms with van der Waals surface area (Å²) in [4.78, 5) is 23.2. The van der Waals surface area contributed by atoms with Gasteiger partial charge in [0.05, 0.1) is 0 Å². The summed E-state index contributed by atoms with van der Waals surface area (Å²) in [6.07, 6.45) is 3.44. The van der Waals surface area contributed by atoms with Crippen LogP contribution in [0.5, 0.6) is 0 Å². The summed E-state index contributed by atoms with van der Waals surface area (Å²) >= 11 is 0. The van der Waals surface area contributed by atoms with Crippen LogP contribution in [0, 0.1) is 5.92 Å².